The quantitative estimate of drug-likeness (QED) is 0.359. The van der Waals surface area contributed by atoms with Gasteiger partial charge < -0.3 is 44.3 Å². The molecule has 10 nitrogen and oxygen atoms in total. The first kappa shape index (κ1) is 32.2. The second kappa shape index (κ2) is 11.9. The van der Waals surface area contributed by atoms with Crippen LogP contribution in [0.3, 0.4) is 0 Å². The molecule has 0 aromatic heterocycles. The van der Waals surface area contributed by atoms with E-state index in [0.717, 1.165) is 5.57 Å². The normalized spacial score (nSPS) is 44.3. The number of hydrogen-bond acceptors (Lipinski definition) is 10. The smallest absolute Gasteiger partial charge is 0.311 e. The Kier molecular flexibility index (Phi) is 9.85. The van der Waals surface area contributed by atoms with Crippen LogP contribution in [0.15, 0.2) is 11.3 Å². The zero-order valence-corrected chi connectivity index (χ0v) is 25.2. The van der Waals surface area contributed by atoms with E-state index in [1.165, 1.54) is 6.92 Å². The van der Waals surface area contributed by atoms with Gasteiger partial charge in [0.25, 0.3) is 0 Å². The van der Waals surface area contributed by atoms with Gasteiger partial charge in [0.2, 0.25) is 0 Å². The fourth-order valence-electron chi connectivity index (χ4n) is 6.73. The molecule has 2 saturated heterocycles. The van der Waals surface area contributed by atoms with Crippen LogP contribution in [0.5, 0.6) is 0 Å². The first-order chi connectivity index (χ1) is 18.0. The van der Waals surface area contributed by atoms with E-state index in [0.29, 0.717) is 18.6 Å². The average molecular weight is 558 g/mol. The van der Waals surface area contributed by atoms with Crippen molar-refractivity contribution in [1.82, 2.24) is 4.90 Å². The maximum absolute atomic E-state index is 13.3. The predicted octanol–water partition coefficient (Wildman–Crippen LogP) is 1.97. The molecule has 0 aromatic carbocycles. The second-order valence-electron chi connectivity index (χ2n) is 12.8. The number of esters is 1. The van der Waals surface area contributed by atoms with Crippen molar-refractivity contribution in [1.29, 1.82) is 0 Å². The van der Waals surface area contributed by atoms with Crippen molar-refractivity contribution in [2.75, 3.05) is 14.1 Å². The number of nitrogens with zero attached hydrogens (tertiary/aromatic N) is 1. The van der Waals surface area contributed by atoms with E-state index in [2.05, 4.69) is 0 Å². The summed E-state index contributed by atoms with van der Waals surface area (Å²) < 4.78 is 25.1. The maximum Gasteiger partial charge on any atom is 0.311 e. The summed E-state index contributed by atoms with van der Waals surface area (Å²) in [6.07, 6.45) is -4.95. The van der Waals surface area contributed by atoms with Crippen LogP contribution in [0.25, 0.3) is 0 Å². The zero-order valence-electron chi connectivity index (χ0n) is 25.2. The zero-order chi connectivity index (χ0) is 29.6. The van der Waals surface area contributed by atoms with Crippen LogP contribution in [0, 0.1) is 17.8 Å². The van der Waals surface area contributed by atoms with E-state index in [-0.39, 0.29) is 18.6 Å². The van der Waals surface area contributed by atoms with Crippen molar-refractivity contribution in [2.45, 2.75) is 135 Å². The minimum atomic E-state index is -1.77. The van der Waals surface area contributed by atoms with Crippen LogP contribution in [-0.2, 0) is 23.7 Å². The van der Waals surface area contributed by atoms with Gasteiger partial charge in [0, 0.05) is 18.4 Å². The van der Waals surface area contributed by atoms with Gasteiger partial charge in [-0.3, -0.25) is 4.79 Å². The molecule has 3 unspecified atom stereocenters. The Morgan fingerprint density at radius 1 is 1.15 bits per heavy atom. The van der Waals surface area contributed by atoms with Gasteiger partial charge in [-0.1, -0.05) is 20.8 Å². The number of aliphatic hydroxyl groups is 4. The van der Waals surface area contributed by atoms with E-state index >= 15 is 0 Å². The van der Waals surface area contributed by atoms with Gasteiger partial charge in [-0.2, -0.15) is 0 Å². The molecule has 0 saturated carbocycles. The SMILES string of the molecule is CC[C@H](O)[C@@](C)(O)[C@@H]1OC(=O)[C@H](C)[C@@H](O)[C@H](C)[C@@H](O[C@@H]2OC(C)CC(N(C)C)C2O)[C@@]2(C)CC(C)=C(O2)[C@@H]1C. The highest BCUT2D eigenvalue weighted by Crippen LogP contribution is 2.47. The first-order valence-electron chi connectivity index (χ1n) is 14.3. The van der Waals surface area contributed by atoms with E-state index < -0.39 is 71.7 Å². The summed E-state index contributed by atoms with van der Waals surface area (Å²) in [6, 6.07) is -0.184. The number of hydrogen-bond donors (Lipinski definition) is 4. The number of cyclic esters (lactones) is 1. The number of carbonyl (C=O) groups is 1. The van der Waals surface area contributed by atoms with E-state index in [1.807, 2.05) is 39.8 Å². The molecule has 3 heterocycles. The molecule has 2 bridgehead atoms. The molecule has 0 radical (unpaired) electrons. The van der Waals surface area contributed by atoms with Crippen molar-refractivity contribution >= 4 is 5.97 Å². The fraction of sp³-hybridized carbons (Fsp3) is 0.897. The highest BCUT2D eigenvalue weighted by Gasteiger charge is 2.55. The van der Waals surface area contributed by atoms with Gasteiger partial charge in [-0.15, -0.1) is 0 Å². The Labute approximate surface area is 233 Å². The lowest BCUT2D eigenvalue weighted by Gasteiger charge is -2.46. The molecule has 3 aliphatic heterocycles. The Morgan fingerprint density at radius 3 is 2.33 bits per heavy atom. The largest absolute Gasteiger partial charge is 0.488 e. The van der Waals surface area contributed by atoms with Crippen LogP contribution in [0.2, 0.25) is 0 Å². The Hall–Kier alpha value is -1.27. The van der Waals surface area contributed by atoms with Gasteiger partial charge in [0.1, 0.15) is 35.3 Å². The Morgan fingerprint density at radius 2 is 1.77 bits per heavy atom. The molecule has 4 N–H and O–H groups in total. The van der Waals surface area contributed by atoms with Gasteiger partial charge >= 0.3 is 5.97 Å². The summed E-state index contributed by atoms with van der Waals surface area (Å²) >= 11 is 0. The van der Waals surface area contributed by atoms with Crippen LogP contribution >= 0.6 is 0 Å². The number of carbonyl (C=O) groups excluding carboxylic acids is 1. The van der Waals surface area contributed by atoms with Gasteiger partial charge in [-0.05, 0) is 67.1 Å². The fourth-order valence-corrected chi connectivity index (χ4v) is 6.73. The van der Waals surface area contributed by atoms with Crippen molar-refractivity contribution in [3.05, 3.63) is 11.3 Å². The van der Waals surface area contributed by atoms with Crippen LogP contribution in [-0.4, -0.2) is 106 Å². The van der Waals surface area contributed by atoms with Crippen molar-refractivity contribution in [3.8, 4) is 0 Å². The summed E-state index contributed by atoms with van der Waals surface area (Å²) in [6.45, 7) is 14.1. The average Bonchev–Trinajstić information content (AvgIpc) is 3.18. The molecule has 0 aromatic rings. The van der Waals surface area contributed by atoms with Crippen molar-refractivity contribution in [3.63, 3.8) is 0 Å². The molecule has 3 rings (SSSR count). The molecule has 0 spiro atoms. The molecular formula is C29H51NO9. The van der Waals surface area contributed by atoms with Gasteiger partial charge in [0.15, 0.2) is 6.29 Å². The summed E-state index contributed by atoms with van der Waals surface area (Å²) in [5.74, 6) is -2.32. The number of rotatable bonds is 6. The number of likely N-dealkylation sites (N-methyl/N-ethyl adjacent to an activating group) is 1. The third-order valence-corrected chi connectivity index (χ3v) is 9.19. The minimum Gasteiger partial charge on any atom is -0.488 e. The molecule has 39 heavy (non-hydrogen) atoms. The highest BCUT2D eigenvalue weighted by molar-refractivity contribution is 5.73. The molecule has 10 heteroatoms. The van der Waals surface area contributed by atoms with Crippen LogP contribution < -0.4 is 0 Å². The van der Waals surface area contributed by atoms with Crippen LogP contribution in [0.4, 0.5) is 0 Å². The Balaban J connectivity index is 2.05. The maximum atomic E-state index is 13.3. The van der Waals surface area contributed by atoms with Gasteiger partial charge in [-0.25, -0.2) is 0 Å². The predicted molar refractivity (Wildman–Crippen MR) is 144 cm³/mol. The van der Waals surface area contributed by atoms with E-state index in [4.69, 9.17) is 18.9 Å². The number of fused-ring (bicyclic) bond motifs is 2. The summed E-state index contributed by atoms with van der Waals surface area (Å²) in [5.41, 5.74) is -1.85. The number of ether oxygens (including phenoxy) is 4. The van der Waals surface area contributed by atoms with E-state index in [9.17, 15) is 25.2 Å². The molecule has 3 aliphatic rings. The standard InChI is InChI=1S/C29H51NO9/c1-11-20(31)29(8,35)25-18(6)23-14(2)13-28(7,39-23)24(16(4)21(32)17(5)26(34)37-25)38-27-22(33)19(30(9)10)12-15(3)36-27/h15-22,24-25,27,31-33,35H,11-13H2,1-10H3/t15?,16-,17+,18-,19?,20-,21-,22?,24+,25+,27-,28+,29+/m0/s1. The van der Waals surface area contributed by atoms with Crippen LogP contribution in [0.1, 0.15) is 74.7 Å². The summed E-state index contributed by atoms with van der Waals surface area (Å²) in [5, 5.41) is 44.6. The highest BCUT2D eigenvalue weighted by atomic mass is 16.7. The molecule has 13 atom stereocenters. The lowest BCUT2D eigenvalue weighted by Crippen LogP contribution is -2.58. The van der Waals surface area contributed by atoms with E-state index in [1.54, 1.807) is 27.7 Å². The molecule has 0 amide bonds. The molecule has 0 aliphatic carbocycles. The lowest BCUT2D eigenvalue weighted by atomic mass is 9.79. The van der Waals surface area contributed by atoms with Gasteiger partial charge in [0.05, 0.1) is 30.1 Å². The molecule has 226 valence electrons. The number of aliphatic hydroxyl groups excluding tert-OH is 3. The monoisotopic (exact) mass is 557 g/mol. The Bertz CT molecular complexity index is 907. The minimum absolute atomic E-state index is 0.164. The lowest BCUT2D eigenvalue weighted by molar-refractivity contribution is -0.297. The summed E-state index contributed by atoms with van der Waals surface area (Å²) in [4.78, 5) is 15.3. The molecule has 2 fully saturated rings. The summed E-state index contributed by atoms with van der Waals surface area (Å²) in [7, 11) is 3.80. The topological polar surface area (TPSA) is 138 Å². The van der Waals surface area contributed by atoms with Crippen molar-refractivity contribution in [2.24, 2.45) is 17.8 Å². The third-order valence-electron chi connectivity index (χ3n) is 9.19. The third kappa shape index (κ3) is 6.17. The molecular weight excluding hydrogens is 506 g/mol. The van der Waals surface area contributed by atoms with Crippen molar-refractivity contribution < 1.29 is 44.2 Å². The first-order valence-corrected chi connectivity index (χ1v) is 14.3. The second-order valence-corrected chi connectivity index (χ2v) is 12.8.